The third-order valence-corrected chi connectivity index (χ3v) is 8.73. The van der Waals surface area contributed by atoms with Crippen LogP contribution < -0.4 is 10.1 Å². The average molecular weight is 531 g/mol. The van der Waals surface area contributed by atoms with Gasteiger partial charge in [-0.1, -0.05) is 38.0 Å². The first-order valence-electron chi connectivity index (χ1n) is 12.3. The molecule has 2 amide bonds. The van der Waals surface area contributed by atoms with Gasteiger partial charge in [0.25, 0.3) is 5.91 Å². The zero-order valence-electron chi connectivity index (χ0n) is 21.3. The maximum Gasteiger partial charge on any atom is 0.279 e. The van der Waals surface area contributed by atoms with Crippen LogP contribution in [0, 0.1) is 0 Å². The van der Waals surface area contributed by atoms with E-state index >= 15 is 0 Å². The van der Waals surface area contributed by atoms with E-state index in [1.54, 1.807) is 0 Å². The topological polar surface area (TPSA) is 101 Å². The zero-order chi connectivity index (χ0) is 26.3. The molecule has 0 atom stereocenters. The van der Waals surface area contributed by atoms with Crippen molar-refractivity contribution < 1.29 is 18.0 Å². The van der Waals surface area contributed by atoms with Crippen LogP contribution in [0.5, 0.6) is 0 Å². The van der Waals surface area contributed by atoms with E-state index in [0.29, 0.717) is 35.7 Å². The highest BCUT2D eigenvalue weighted by atomic mass is 32.2. The Balaban J connectivity index is 1.90. The fourth-order valence-corrected chi connectivity index (χ4v) is 6.48. The summed E-state index contributed by atoms with van der Waals surface area (Å²) in [7, 11) is -3.63. The highest BCUT2D eigenvalue weighted by Gasteiger charge is 2.23. The molecule has 1 aromatic heterocycles. The number of thiazole rings is 1. The van der Waals surface area contributed by atoms with Gasteiger partial charge in [0.1, 0.15) is 0 Å². The van der Waals surface area contributed by atoms with Crippen molar-refractivity contribution >= 4 is 49.1 Å². The molecule has 0 spiro atoms. The highest BCUT2D eigenvalue weighted by molar-refractivity contribution is 7.89. The molecule has 194 valence electrons. The van der Waals surface area contributed by atoms with Crippen molar-refractivity contribution in [3.8, 4) is 0 Å². The molecule has 1 heterocycles. The summed E-state index contributed by atoms with van der Waals surface area (Å²) in [6, 6.07) is 11.6. The minimum absolute atomic E-state index is 0.154. The molecule has 3 rings (SSSR count). The van der Waals surface area contributed by atoms with Gasteiger partial charge in [0.05, 0.1) is 15.1 Å². The second-order valence-electron chi connectivity index (χ2n) is 8.55. The van der Waals surface area contributed by atoms with Gasteiger partial charge in [-0.3, -0.25) is 9.59 Å². The van der Waals surface area contributed by atoms with E-state index in [0.717, 1.165) is 35.9 Å². The van der Waals surface area contributed by atoms with E-state index in [1.165, 1.54) is 46.8 Å². The zero-order valence-corrected chi connectivity index (χ0v) is 22.9. The van der Waals surface area contributed by atoms with E-state index in [4.69, 9.17) is 0 Å². The van der Waals surface area contributed by atoms with Crippen LogP contribution in [0.4, 0.5) is 5.69 Å². The van der Waals surface area contributed by atoms with Crippen LogP contribution in [0.25, 0.3) is 10.2 Å². The normalized spacial score (nSPS) is 12.4. The van der Waals surface area contributed by atoms with Crippen LogP contribution in [0.2, 0.25) is 0 Å². The Hall–Kier alpha value is -2.82. The summed E-state index contributed by atoms with van der Waals surface area (Å²) in [5.41, 5.74) is 1.92. The number of sulfonamides is 1. The number of carbonyl (C=O) groups excluding carboxylic acids is 2. The number of anilines is 1. The standard InChI is InChI=1S/C26H34N4O4S2/c1-5-8-16-29(17-9-6-2)36(33,34)22-13-10-20(11-14-22)25(32)28-26-30(7-3)23-15-12-21(27-19(4)31)18-24(23)35-26/h10-15,18H,5-9,16-17H2,1-4H3,(H,27,31). The molecule has 8 nitrogen and oxygen atoms in total. The Labute approximate surface area is 216 Å². The van der Waals surface area contributed by atoms with Gasteiger partial charge in [0, 0.05) is 37.8 Å². The lowest BCUT2D eigenvalue weighted by Crippen LogP contribution is -2.33. The number of unbranched alkanes of at least 4 members (excludes halogenated alkanes) is 2. The number of hydrogen-bond acceptors (Lipinski definition) is 5. The van der Waals surface area contributed by atoms with Gasteiger partial charge < -0.3 is 9.88 Å². The van der Waals surface area contributed by atoms with Crippen LogP contribution in [-0.4, -0.2) is 42.2 Å². The molecule has 0 aliphatic carbocycles. The number of rotatable bonds is 11. The van der Waals surface area contributed by atoms with E-state index < -0.39 is 15.9 Å². The molecule has 3 aromatic rings. The lowest BCUT2D eigenvalue weighted by atomic mass is 10.2. The number of benzene rings is 2. The smallest absolute Gasteiger partial charge is 0.279 e. The van der Waals surface area contributed by atoms with Crippen molar-refractivity contribution in [3.05, 3.63) is 52.8 Å². The third kappa shape index (κ3) is 6.48. The maximum absolute atomic E-state index is 13.2. The number of hydrogen-bond donors (Lipinski definition) is 1. The Bertz CT molecular complexity index is 1380. The predicted molar refractivity (Wildman–Crippen MR) is 145 cm³/mol. The maximum atomic E-state index is 13.2. The molecule has 2 aromatic carbocycles. The molecule has 0 aliphatic heterocycles. The van der Waals surface area contributed by atoms with E-state index in [2.05, 4.69) is 10.3 Å². The Morgan fingerprint density at radius 2 is 1.64 bits per heavy atom. The van der Waals surface area contributed by atoms with Crippen molar-refractivity contribution in [2.75, 3.05) is 18.4 Å². The summed E-state index contributed by atoms with van der Waals surface area (Å²) in [5.74, 6) is -0.595. The van der Waals surface area contributed by atoms with Crippen LogP contribution in [0.3, 0.4) is 0 Å². The first kappa shape index (κ1) is 27.8. The minimum atomic E-state index is -3.63. The van der Waals surface area contributed by atoms with E-state index in [9.17, 15) is 18.0 Å². The summed E-state index contributed by atoms with van der Waals surface area (Å²) < 4.78 is 30.7. The molecule has 0 bridgehead atoms. The SMILES string of the molecule is CCCCN(CCCC)S(=O)(=O)c1ccc(C(=O)N=c2sc3cc(NC(C)=O)ccc3n2CC)cc1. The number of aryl methyl sites for hydroxylation is 1. The van der Waals surface area contributed by atoms with Gasteiger partial charge in [-0.05, 0) is 62.2 Å². The number of carbonyl (C=O) groups is 2. The van der Waals surface area contributed by atoms with Gasteiger partial charge in [-0.2, -0.15) is 9.30 Å². The second-order valence-corrected chi connectivity index (χ2v) is 11.5. The molecule has 0 saturated heterocycles. The summed E-state index contributed by atoms with van der Waals surface area (Å²) in [6.07, 6.45) is 3.43. The van der Waals surface area contributed by atoms with Crippen LogP contribution >= 0.6 is 11.3 Å². The van der Waals surface area contributed by atoms with Gasteiger partial charge in [-0.25, -0.2) is 8.42 Å². The van der Waals surface area contributed by atoms with E-state index in [-0.39, 0.29) is 10.8 Å². The Kier molecular flexibility index (Phi) is 9.58. The number of nitrogens with one attached hydrogen (secondary N) is 1. The van der Waals surface area contributed by atoms with E-state index in [1.807, 2.05) is 43.5 Å². The minimum Gasteiger partial charge on any atom is -0.326 e. The monoisotopic (exact) mass is 530 g/mol. The Morgan fingerprint density at radius 1 is 1.00 bits per heavy atom. The molecule has 0 aliphatic rings. The van der Waals surface area contributed by atoms with Crippen molar-refractivity contribution in [1.29, 1.82) is 0 Å². The molecule has 0 saturated carbocycles. The number of aromatic nitrogens is 1. The molecular formula is C26H34N4O4S2. The fraction of sp³-hybridized carbons (Fsp3) is 0.423. The third-order valence-electron chi connectivity index (χ3n) is 5.78. The van der Waals surface area contributed by atoms with Crippen LogP contribution in [-0.2, 0) is 21.4 Å². The highest BCUT2D eigenvalue weighted by Crippen LogP contribution is 2.23. The van der Waals surface area contributed by atoms with Crippen molar-refractivity contribution in [2.24, 2.45) is 4.99 Å². The molecule has 0 unspecified atom stereocenters. The van der Waals surface area contributed by atoms with Crippen LogP contribution in [0.1, 0.15) is 63.7 Å². The quantitative estimate of drug-likeness (QED) is 0.376. The predicted octanol–water partition coefficient (Wildman–Crippen LogP) is 5.01. The molecular weight excluding hydrogens is 496 g/mol. The largest absolute Gasteiger partial charge is 0.326 e. The lowest BCUT2D eigenvalue weighted by Gasteiger charge is -2.22. The molecule has 36 heavy (non-hydrogen) atoms. The van der Waals surface area contributed by atoms with Crippen molar-refractivity contribution in [2.45, 2.75) is 64.8 Å². The van der Waals surface area contributed by atoms with Crippen molar-refractivity contribution in [1.82, 2.24) is 8.87 Å². The second kappa shape index (κ2) is 12.4. The lowest BCUT2D eigenvalue weighted by molar-refractivity contribution is -0.114. The summed E-state index contributed by atoms with van der Waals surface area (Å²) >= 11 is 1.36. The van der Waals surface area contributed by atoms with Gasteiger partial charge in [0.2, 0.25) is 15.9 Å². The molecule has 0 radical (unpaired) electrons. The molecule has 1 N–H and O–H groups in total. The summed E-state index contributed by atoms with van der Waals surface area (Å²) in [6.45, 7) is 9.09. The average Bonchev–Trinajstić information content (AvgIpc) is 3.19. The van der Waals surface area contributed by atoms with Gasteiger partial charge >= 0.3 is 0 Å². The molecule has 10 heteroatoms. The van der Waals surface area contributed by atoms with Gasteiger partial charge in [0.15, 0.2) is 4.80 Å². The Morgan fingerprint density at radius 3 is 2.19 bits per heavy atom. The summed E-state index contributed by atoms with van der Waals surface area (Å²) in [5, 5.41) is 2.77. The fourth-order valence-electron chi connectivity index (χ4n) is 3.84. The number of fused-ring (bicyclic) bond motifs is 1. The first-order valence-corrected chi connectivity index (χ1v) is 14.6. The van der Waals surface area contributed by atoms with Gasteiger partial charge in [-0.15, -0.1) is 0 Å². The van der Waals surface area contributed by atoms with Crippen molar-refractivity contribution in [3.63, 3.8) is 0 Å². The summed E-state index contributed by atoms with van der Waals surface area (Å²) in [4.78, 5) is 29.4. The van der Waals surface area contributed by atoms with Crippen LogP contribution in [0.15, 0.2) is 52.4 Å². The number of amides is 2. The number of nitrogens with zero attached hydrogens (tertiary/aromatic N) is 3. The molecule has 0 fully saturated rings. The first-order chi connectivity index (χ1) is 17.2.